The van der Waals surface area contributed by atoms with Gasteiger partial charge in [-0.15, -0.1) is 0 Å². The van der Waals surface area contributed by atoms with Crippen LogP contribution in [-0.4, -0.2) is 12.1 Å². The van der Waals surface area contributed by atoms with Crippen molar-refractivity contribution < 1.29 is 9.53 Å². The minimum atomic E-state index is -0.220. The summed E-state index contributed by atoms with van der Waals surface area (Å²) in [5, 5.41) is 0. The van der Waals surface area contributed by atoms with Gasteiger partial charge in [-0.2, -0.15) is 0 Å². The van der Waals surface area contributed by atoms with Crippen LogP contribution in [0, 0.1) is 17.8 Å². The number of cyclic esters (lactones) is 1. The first-order valence-electron chi connectivity index (χ1n) is 4.54. The van der Waals surface area contributed by atoms with Crippen LogP contribution in [0.25, 0.3) is 0 Å². The topological polar surface area (TPSA) is 26.3 Å². The van der Waals surface area contributed by atoms with Crippen molar-refractivity contribution in [2.45, 2.75) is 13.0 Å². The first kappa shape index (κ1) is 8.83. The second-order valence-electron chi connectivity index (χ2n) is 3.28. The van der Waals surface area contributed by atoms with Crippen LogP contribution in [0.3, 0.4) is 0 Å². The van der Waals surface area contributed by atoms with Crippen molar-refractivity contribution in [2.24, 2.45) is 5.92 Å². The number of ether oxygens (including phenoxy) is 1. The quantitative estimate of drug-likeness (QED) is 0.454. The smallest absolute Gasteiger partial charge is 0.314 e. The standard InChI is InChI=1S/C12H10O2/c1-9-11(14-12(9)13)8-7-10-5-3-2-4-6-10/h2-6,9,11H,1H3/t9-,11-/m0/s1. The lowest BCUT2D eigenvalue weighted by molar-refractivity contribution is -0.175. The van der Waals surface area contributed by atoms with Crippen LogP contribution in [0.15, 0.2) is 30.3 Å². The Bertz CT molecular complexity index is 397. The molecule has 0 aromatic heterocycles. The molecule has 1 aromatic carbocycles. The molecule has 2 rings (SSSR count). The molecule has 2 atom stereocenters. The van der Waals surface area contributed by atoms with E-state index in [-0.39, 0.29) is 18.0 Å². The van der Waals surface area contributed by atoms with Gasteiger partial charge in [0.05, 0.1) is 0 Å². The molecule has 1 aliphatic heterocycles. The largest absolute Gasteiger partial charge is 0.448 e. The maximum atomic E-state index is 10.8. The van der Waals surface area contributed by atoms with E-state index >= 15 is 0 Å². The molecule has 1 aromatic rings. The molecular weight excluding hydrogens is 176 g/mol. The number of esters is 1. The first-order valence-corrected chi connectivity index (χ1v) is 4.54. The summed E-state index contributed by atoms with van der Waals surface area (Å²) in [6.45, 7) is 1.83. The van der Waals surface area contributed by atoms with Gasteiger partial charge in [0.1, 0.15) is 5.92 Å². The van der Waals surface area contributed by atoms with Gasteiger partial charge in [-0.05, 0) is 19.1 Å². The third-order valence-corrected chi connectivity index (χ3v) is 2.20. The molecule has 0 aliphatic carbocycles. The van der Waals surface area contributed by atoms with E-state index in [0.717, 1.165) is 5.56 Å². The zero-order chi connectivity index (χ0) is 9.97. The summed E-state index contributed by atoms with van der Waals surface area (Å²) in [4.78, 5) is 10.8. The minimum Gasteiger partial charge on any atom is -0.448 e. The molecule has 2 nitrogen and oxygen atoms in total. The molecule has 1 saturated heterocycles. The Hall–Kier alpha value is -1.75. The zero-order valence-electron chi connectivity index (χ0n) is 7.86. The van der Waals surface area contributed by atoms with E-state index in [1.807, 2.05) is 37.3 Å². The van der Waals surface area contributed by atoms with Crippen LogP contribution in [0.2, 0.25) is 0 Å². The van der Waals surface area contributed by atoms with Gasteiger partial charge in [-0.3, -0.25) is 4.79 Å². The van der Waals surface area contributed by atoms with Gasteiger partial charge >= 0.3 is 5.97 Å². The molecule has 14 heavy (non-hydrogen) atoms. The van der Waals surface area contributed by atoms with Crippen molar-refractivity contribution in [3.05, 3.63) is 35.9 Å². The van der Waals surface area contributed by atoms with Gasteiger partial charge in [0, 0.05) is 5.56 Å². The summed E-state index contributed by atoms with van der Waals surface area (Å²) in [7, 11) is 0. The van der Waals surface area contributed by atoms with Crippen molar-refractivity contribution in [2.75, 3.05) is 0 Å². The predicted octanol–water partition coefficient (Wildman–Crippen LogP) is 1.60. The van der Waals surface area contributed by atoms with Gasteiger partial charge in [-0.25, -0.2) is 0 Å². The van der Waals surface area contributed by atoms with E-state index < -0.39 is 0 Å². The predicted molar refractivity (Wildman–Crippen MR) is 52.4 cm³/mol. The molecule has 1 heterocycles. The molecular formula is C12H10O2. The number of hydrogen-bond acceptors (Lipinski definition) is 2. The summed E-state index contributed by atoms with van der Waals surface area (Å²) in [5.74, 6) is 5.66. The van der Waals surface area contributed by atoms with E-state index in [1.54, 1.807) is 0 Å². The normalized spacial score (nSPS) is 24.2. The van der Waals surface area contributed by atoms with Crippen LogP contribution < -0.4 is 0 Å². The molecule has 70 valence electrons. The summed E-state index contributed by atoms with van der Waals surface area (Å²) in [6.07, 6.45) is -0.220. The Morgan fingerprint density at radius 2 is 2.00 bits per heavy atom. The van der Waals surface area contributed by atoms with Crippen LogP contribution in [-0.2, 0) is 9.53 Å². The van der Waals surface area contributed by atoms with E-state index in [0.29, 0.717) is 0 Å². The first-order chi connectivity index (χ1) is 6.77. The second kappa shape index (κ2) is 3.55. The van der Waals surface area contributed by atoms with Crippen LogP contribution in [0.4, 0.5) is 0 Å². The van der Waals surface area contributed by atoms with Crippen LogP contribution in [0.5, 0.6) is 0 Å². The van der Waals surface area contributed by atoms with Gasteiger partial charge in [-0.1, -0.05) is 30.0 Å². The minimum absolute atomic E-state index is 0.0776. The zero-order valence-corrected chi connectivity index (χ0v) is 7.86. The van der Waals surface area contributed by atoms with E-state index in [1.165, 1.54) is 0 Å². The lowest BCUT2D eigenvalue weighted by atomic mass is 10.00. The van der Waals surface area contributed by atoms with Crippen molar-refractivity contribution in [3.8, 4) is 11.8 Å². The third kappa shape index (κ3) is 1.62. The summed E-state index contributed by atoms with van der Waals surface area (Å²) >= 11 is 0. The maximum absolute atomic E-state index is 10.8. The Morgan fingerprint density at radius 1 is 1.29 bits per heavy atom. The Kier molecular flexibility index (Phi) is 2.24. The molecule has 0 saturated carbocycles. The van der Waals surface area contributed by atoms with Crippen molar-refractivity contribution >= 4 is 5.97 Å². The van der Waals surface area contributed by atoms with Crippen molar-refractivity contribution in [1.29, 1.82) is 0 Å². The number of hydrogen-bond donors (Lipinski definition) is 0. The molecule has 2 heteroatoms. The number of carbonyl (C=O) groups excluding carboxylic acids is 1. The Balaban J connectivity index is 2.05. The lowest BCUT2D eigenvalue weighted by Gasteiger charge is -2.27. The van der Waals surface area contributed by atoms with Gasteiger partial charge in [0.2, 0.25) is 0 Å². The molecule has 0 radical (unpaired) electrons. The molecule has 0 amide bonds. The fourth-order valence-corrected chi connectivity index (χ4v) is 1.22. The van der Waals surface area contributed by atoms with Crippen LogP contribution in [0.1, 0.15) is 12.5 Å². The molecule has 1 aliphatic rings. The van der Waals surface area contributed by atoms with E-state index in [2.05, 4.69) is 11.8 Å². The second-order valence-corrected chi connectivity index (χ2v) is 3.28. The van der Waals surface area contributed by atoms with Crippen molar-refractivity contribution in [3.63, 3.8) is 0 Å². The molecule has 0 bridgehead atoms. The molecule has 1 fully saturated rings. The summed E-state index contributed by atoms with van der Waals surface area (Å²) in [6, 6.07) is 9.66. The molecule has 0 N–H and O–H groups in total. The summed E-state index contributed by atoms with van der Waals surface area (Å²) < 4.78 is 4.86. The monoisotopic (exact) mass is 186 g/mol. The lowest BCUT2D eigenvalue weighted by Crippen LogP contribution is -2.42. The number of carbonyl (C=O) groups is 1. The fraction of sp³-hybridized carbons (Fsp3) is 0.250. The van der Waals surface area contributed by atoms with Crippen molar-refractivity contribution in [1.82, 2.24) is 0 Å². The van der Waals surface area contributed by atoms with E-state index in [9.17, 15) is 4.79 Å². The number of benzene rings is 1. The van der Waals surface area contributed by atoms with Gasteiger partial charge < -0.3 is 4.74 Å². The molecule has 0 unspecified atom stereocenters. The maximum Gasteiger partial charge on any atom is 0.314 e. The Labute approximate surface area is 82.9 Å². The highest BCUT2D eigenvalue weighted by Gasteiger charge is 2.37. The highest BCUT2D eigenvalue weighted by atomic mass is 16.6. The molecule has 0 spiro atoms. The highest BCUT2D eigenvalue weighted by Crippen LogP contribution is 2.20. The van der Waals surface area contributed by atoms with Gasteiger partial charge in [0.15, 0.2) is 6.10 Å². The summed E-state index contributed by atoms with van der Waals surface area (Å²) in [5.41, 5.74) is 0.947. The van der Waals surface area contributed by atoms with Crippen LogP contribution >= 0.6 is 0 Å². The fourth-order valence-electron chi connectivity index (χ4n) is 1.22. The number of rotatable bonds is 0. The third-order valence-electron chi connectivity index (χ3n) is 2.20. The SMILES string of the molecule is C[C@@H]1C(=O)O[C@H]1C#Cc1ccccc1. The Morgan fingerprint density at radius 3 is 2.57 bits per heavy atom. The average molecular weight is 186 g/mol. The van der Waals surface area contributed by atoms with Gasteiger partial charge in [0.25, 0.3) is 0 Å². The highest BCUT2D eigenvalue weighted by molar-refractivity contribution is 5.79. The average Bonchev–Trinajstić information content (AvgIpc) is 2.25. The van der Waals surface area contributed by atoms with E-state index in [4.69, 9.17) is 4.74 Å².